The molecule has 4 heteroatoms. The quantitative estimate of drug-likeness (QED) is 0.471. The van der Waals surface area contributed by atoms with Gasteiger partial charge in [-0.1, -0.05) is 24.3 Å². The van der Waals surface area contributed by atoms with Gasteiger partial charge in [0.2, 0.25) is 0 Å². The predicted octanol–water partition coefficient (Wildman–Crippen LogP) is 5.06. The van der Waals surface area contributed by atoms with Crippen LogP contribution in [0.15, 0.2) is 54.9 Å². The van der Waals surface area contributed by atoms with E-state index in [2.05, 4.69) is 70.0 Å². The second kappa shape index (κ2) is 5.55. The zero-order chi connectivity index (χ0) is 17.8. The van der Waals surface area contributed by atoms with Crippen LogP contribution in [0.5, 0.6) is 5.75 Å². The summed E-state index contributed by atoms with van der Waals surface area (Å²) in [5, 5.41) is 4.78. The molecule has 2 aliphatic rings. The van der Waals surface area contributed by atoms with Gasteiger partial charge in [-0.2, -0.15) is 0 Å². The minimum atomic E-state index is 0.773. The highest BCUT2D eigenvalue weighted by Crippen LogP contribution is 2.42. The molecule has 132 valence electrons. The summed E-state index contributed by atoms with van der Waals surface area (Å²) in [5.74, 6) is 2.11. The van der Waals surface area contributed by atoms with E-state index in [9.17, 15) is 0 Å². The van der Waals surface area contributed by atoms with Crippen molar-refractivity contribution in [1.82, 2.24) is 9.97 Å². The Bertz CT molecular complexity index is 1210. The molecule has 0 saturated heterocycles. The lowest BCUT2D eigenvalue weighted by Gasteiger charge is -2.18. The topological polar surface area (TPSA) is 52.8 Å². The number of aromatic nitrogens is 2. The molecule has 27 heavy (non-hydrogen) atoms. The minimum absolute atomic E-state index is 0.773. The number of benzene rings is 2. The summed E-state index contributed by atoms with van der Waals surface area (Å²) in [4.78, 5) is 6.66. The van der Waals surface area contributed by atoms with Crippen LogP contribution >= 0.6 is 0 Å². The number of nitrogens with one attached hydrogen (secondary N) is 3. The van der Waals surface area contributed by atoms with Crippen LogP contribution in [-0.2, 0) is 6.42 Å². The summed E-state index contributed by atoms with van der Waals surface area (Å²) in [6.07, 6.45) is 7.37. The lowest BCUT2D eigenvalue weighted by atomic mass is 9.95. The van der Waals surface area contributed by atoms with Crippen LogP contribution in [0.25, 0.3) is 33.7 Å². The number of hydrogen-bond acceptors (Lipinski definition) is 2. The Morgan fingerprint density at radius 2 is 1.96 bits per heavy atom. The van der Waals surface area contributed by atoms with Gasteiger partial charge in [0.15, 0.2) is 0 Å². The van der Waals surface area contributed by atoms with Gasteiger partial charge in [0.05, 0.1) is 6.61 Å². The average molecular weight is 353 g/mol. The predicted molar refractivity (Wildman–Crippen MR) is 110 cm³/mol. The number of fused-ring (bicyclic) bond motifs is 3. The van der Waals surface area contributed by atoms with Crippen LogP contribution < -0.4 is 10.1 Å². The first-order chi connectivity index (χ1) is 13.4. The Labute approximate surface area is 156 Å². The molecule has 0 unspecified atom stereocenters. The van der Waals surface area contributed by atoms with E-state index in [0.29, 0.717) is 0 Å². The van der Waals surface area contributed by atoms with Crippen LogP contribution in [0.2, 0.25) is 0 Å². The fraction of sp³-hybridized carbons (Fsp3) is 0.130. The third-order valence-corrected chi connectivity index (χ3v) is 5.62. The maximum absolute atomic E-state index is 5.94. The molecule has 4 nitrogen and oxygen atoms in total. The van der Waals surface area contributed by atoms with Crippen molar-refractivity contribution < 1.29 is 4.74 Å². The molecule has 2 aromatic carbocycles. The van der Waals surface area contributed by atoms with Crippen molar-refractivity contribution in [1.29, 1.82) is 0 Å². The highest BCUT2D eigenvalue weighted by atomic mass is 16.5. The highest BCUT2D eigenvalue weighted by Gasteiger charge is 2.22. The minimum Gasteiger partial charge on any atom is -0.492 e. The zero-order valence-electron chi connectivity index (χ0n) is 14.8. The van der Waals surface area contributed by atoms with Gasteiger partial charge < -0.3 is 20.0 Å². The molecule has 0 radical (unpaired) electrons. The lowest BCUT2D eigenvalue weighted by molar-refractivity contribution is 0.358. The first-order valence-corrected chi connectivity index (χ1v) is 9.35. The van der Waals surface area contributed by atoms with Gasteiger partial charge in [0.1, 0.15) is 11.6 Å². The fourth-order valence-corrected chi connectivity index (χ4v) is 4.23. The van der Waals surface area contributed by atoms with Crippen molar-refractivity contribution in [2.45, 2.75) is 6.42 Å². The van der Waals surface area contributed by atoms with Crippen LogP contribution in [0.1, 0.15) is 16.7 Å². The van der Waals surface area contributed by atoms with E-state index in [1.165, 1.54) is 44.3 Å². The second-order valence-corrected chi connectivity index (χ2v) is 7.19. The standard InChI is InChI=1S/C23H19N3O/c1-2-14-7-9-27-22(14)18(3-1)20-13-26-23-19(20)11-17(12-25-23)15-4-5-21-16(10-15)6-8-24-21/h1-6,8,10-11,13,24-26H,7,9,12H2. The Balaban J connectivity index is 1.48. The molecule has 0 aliphatic carbocycles. The van der Waals surface area contributed by atoms with Gasteiger partial charge in [0, 0.05) is 47.6 Å². The molecular formula is C23H19N3O. The van der Waals surface area contributed by atoms with Crippen molar-refractivity contribution in [2.24, 2.45) is 0 Å². The molecular weight excluding hydrogens is 334 g/mol. The SMILES string of the molecule is C1=C(c2ccc3[nH]ccc3c2)CNc2[nH]cc(-c3cccc4c3OCC4)c21. The van der Waals surface area contributed by atoms with E-state index in [0.717, 1.165) is 31.1 Å². The Hall–Kier alpha value is -3.40. The number of aromatic amines is 2. The van der Waals surface area contributed by atoms with Crippen LogP contribution in [0.4, 0.5) is 5.82 Å². The van der Waals surface area contributed by atoms with E-state index >= 15 is 0 Å². The lowest BCUT2D eigenvalue weighted by Crippen LogP contribution is -2.09. The van der Waals surface area contributed by atoms with E-state index in [-0.39, 0.29) is 0 Å². The summed E-state index contributed by atoms with van der Waals surface area (Å²) >= 11 is 0. The van der Waals surface area contributed by atoms with Gasteiger partial charge in [0.25, 0.3) is 0 Å². The largest absolute Gasteiger partial charge is 0.492 e. The molecule has 0 atom stereocenters. The van der Waals surface area contributed by atoms with Gasteiger partial charge in [-0.05, 0) is 46.4 Å². The molecule has 4 aromatic rings. The maximum Gasteiger partial charge on any atom is 0.130 e. The molecule has 4 heterocycles. The Kier molecular flexibility index (Phi) is 3.03. The third kappa shape index (κ3) is 2.23. The number of hydrogen-bond donors (Lipinski definition) is 3. The van der Waals surface area contributed by atoms with E-state index in [1.54, 1.807) is 0 Å². The second-order valence-electron chi connectivity index (χ2n) is 7.19. The molecule has 0 amide bonds. The summed E-state index contributed by atoms with van der Waals surface area (Å²) < 4.78 is 5.94. The molecule has 2 aliphatic heterocycles. The molecule has 0 fully saturated rings. The highest BCUT2D eigenvalue weighted by molar-refractivity contribution is 5.97. The van der Waals surface area contributed by atoms with Gasteiger partial charge in [-0.3, -0.25) is 0 Å². The number of para-hydroxylation sites is 1. The van der Waals surface area contributed by atoms with Crippen molar-refractivity contribution in [3.05, 3.63) is 71.5 Å². The van der Waals surface area contributed by atoms with Gasteiger partial charge in [-0.25, -0.2) is 0 Å². The number of H-pyrrole nitrogens is 2. The Morgan fingerprint density at radius 3 is 2.96 bits per heavy atom. The van der Waals surface area contributed by atoms with Crippen molar-refractivity contribution in [3.63, 3.8) is 0 Å². The molecule has 3 N–H and O–H groups in total. The number of rotatable bonds is 2. The molecule has 0 saturated carbocycles. The summed E-state index contributed by atoms with van der Waals surface area (Å²) in [7, 11) is 0. The molecule has 0 bridgehead atoms. The third-order valence-electron chi connectivity index (χ3n) is 5.62. The molecule has 2 aromatic heterocycles. The van der Waals surface area contributed by atoms with Crippen LogP contribution in [-0.4, -0.2) is 23.1 Å². The molecule has 6 rings (SSSR count). The average Bonchev–Trinajstić information content (AvgIpc) is 3.44. The summed E-state index contributed by atoms with van der Waals surface area (Å²) in [5.41, 5.74) is 8.58. The van der Waals surface area contributed by atoms with E-state index in [1.807, 2.05) is 6.20 Å². The first kappa shape index (κ1) is 14.7. The maximum atomic E-state index is 5.94. The van der Waals surface area contributed by atoms with Crippen molar-refractivity contribution >= 4 is 28.4 Å². The van der Waals surface area contributed by atoms with Crippen LogP contribution in [0.3, 0.4) is 0 Å². The number of anilines is 1. The van der Waals surface area contributed by atoms with E-state index in [4.69, 9.17) is 4.74 Å². The van der Waals surface area contributed by atoms with Crippen molar-refractivity contribution in [3.8, 4) is 16.9 Å². The first-order valence-electron chi connectivity index (χ1n) is 9.35. The normalized spacial score (nSPS) is 15.0. The fourth-order valence-electron chi connectivity index (χ4n) is 4.23. The molecule has 0 spiro atoms. The summed E-state index contributed by atoms with van der Waals surface area (Å²) in [6, 6.07) is 15.2. The zero-order valence-corrected chi connectivity index (χ0v) is 14.8. The monoisotopic (exact) mass is 353 g/mol. The van der Waals surface area contributed by atoms with Crippen LogP contribution in [0, 0.1) is 0 Å². The number of ether oxygens (including phenoxy) is 1. The van der Waals surface area contributed by atoms with Crippen molar-refractivity contribution in [2.75, 3.05) is 18.5 Å². The van der Waals surface area contributed by atoms with Gasteiger partial charge in [-0.15, -0.1) is 0 Å². The summed E-state index contributed by atoms with van der Waals surface area (Å²) in [6.45, 7) is 1.58. The van der Waals surface area contributed by atoms with E-state index < -0.39 is 0 Å². The van der Waals surface area contributed by atoms with Gasteiger partial charge >= 0.3 is 0 Å². The Morgan fingerprint density at radius 1 is 0.963 bits per heavy atom. The smallest absolute Gasteiger partial charge is 0.130 e.